The fourth-order valence-electron chi connectivity index (χ4n) is 1.40. The summed E-state index contributed by atoms with van der Waals surface area (Å²) in [7, 11) is 0. The van der Waals surface area contributed by atoms with E-state index in [4.69, 9.17) is 22.6 Å². The fourth-order valence-corrected chi connectivity index (χ4v) is 1.53. The Hall–Kier alpha value is -1.20. The summed E-state index contributed by atoms with van der Waals surface area (Å²) in [6.45, 7) is 0. The third-order valence-corrected chi connectivity index (χ3v) is 2.35. The molecule has 0 spiro atoms. The molecule has 0 aliphatic rings. The van der Waals surface area contributed by atoms with Gasteiger partial charge in [0.1, 0.15) is 0 Å². The number of nitriles is 1. The molecule has 0 heterocycles. The average molecular weight is 209 g/mol. The van der Waals surface area contributed by atoms with Crippen LogP contribution in [0.15, 0.2) is 18.2 Å². The molecule has 0 aliphatic carbocycles. The Morgan fingerprint density at radius 3 is 2.79 bits per heavy atom. The van der Waals surface area contributed by atoms with Crippen LogP contribution in [0.4, 0.5) is 5.69 Å². The topological polar surface area (TPSA) is 49.8 Å². The number of hydrogen-bond acceptors (Lipinski definition) is 2. The predicted molar refractivity (Wildman–Crippen MR) is 59.2 cm³/mol. The van der Waals surface area contributed by atoms with Crippen LogP contribution in [0.25, 0.3) is 0 Å². The molecule has 0 unspecified atom stereocenters. The van der Waals surface area contributed by atoms with Crippen LogP contribution in [0.1, 0.15) is 17.5 Å². The maximum absolute atomic E-state index is 8.64. The van der Waals surface area contributed by atoms with E-state index in [9.17, 15) is 0 Å². The molecular formula is C11H13ClN2. The Morgan fingerprint density at radius 1 is 1.36 bits per heavy atom. The highest BCUT2D eigenvalue weighted by Crippen LogP contribution is 2.16. The van der Waals surface area contributed by atoms with Crippen molar-refractivity contribution in [2.45, 2.75) is 19.3 Å². The van der Waals surface area contributed by atoms with Crippen LogP contribution < -0.4 is 5.73 Å². The van der Waals surface area contributed by atoms with Gasteiger partial charge in [-0.3, -0.25) is 0 Å². The zero-order valence-electron chi connectivity index (χ0n) is 7.96. The van der Waals surface area contributed by atoms with E-state index in [0.717, 1.165) is 18.4 Å². The first-order valence-corrected chi connectivity index (χ1v) is 5.11. The van der Waals surface area contributed by atoms with E-state index in [1.54, 1.807) is 0 Å². The first-order chi connectivity index (χ1) is 6.77. The van der Waals surface area contributed by atoms with Gasteiger partial charge in [-0.05, 0) is 36.1 Å². The normalized spacial score (nSPS) is 9.71. The Bertz CT molecular complexity index is 342. The molecule has 0 radical (unpaired) electrons. The summed E-state index contributed by atoms with van der Waals surface area (Å²) in [4.78, 5) is 0. The van der Waals surface area contributed by atoms with Gasteiger partial charge in [0.25, 0.3) is 0 Å². The third kappa shape index (κ3) is 2.93. The van der Waals surface area contributed by atoms with Gasteiger partial charge in [-0.25, -0.2) is 0 Å². The lowest BCUT2D eigenvalue weighted by atomic mass is 10.0. The van der Waals surface area contributed by atoms with Crippen molar-refractivity contribution in [3.63, 3.8) is 0 Å². The Labute approximate surface area is 89.3 Å². The van der Waals surface area contributed by atoms with Gasteiger partial charge in [0.05, 0.1) is 12.5 Å². The number of anilines is 1. The van der Waals surface area contributed by atoms with Crippen molar-refractivity contribution in [3.8, 4) is 6.07 Å². The second-order valence-electron chi connectivity index (χ2n) is 3.16. The molecule has 74 valence electrons. The van der Waals surface area contributed by atoms with Gasteiger partial charge < -0.3 is 5.73 Å². The predicted octanol–water partition coefficient (Wildman–Crippen LogP) is 2.51. The van der Waals surface area contributed by atoms with Crippen LogP contribution in [0.5, 0.6) is 0 Å². The zero-order chi connectivity index (χ0) is 10.4. The summed E-state index contributed by atoms with van der Waals surface area (Å²) < 4.78 is 0. The molecule has 0 saturated heterocycles. The van der Waals surface area contributed by atoms with Gasteiger partial charge in [-0.1, -0.05) is 6.07 Å². The van der Waals surface area contributed by atoms with Crippen LogP contribution in [-0.2, 0) is 12.8 Å². The molecule has 1 rings (SSSR count). The SMILES string of the molecule is N#CCc1cc(N)ccc1CCCCl. The smallest absolute Gasteiger partial charge is 0.0669 e. The molecule has 3 heteroatoms. The standard InChI is InChI=1S/C11H13ClN2/c12-6-1-2-9-3-4-11(14)8-10(9)5-7-13/h3-4,8H,1-2,5-6,14H2. The van der Waals surface area contributed by atoms with Crippen molar-refractivity contribution in [3.05, 3.63) is 29.3 Å². The molecule has 1 aromatic carbocycles. The van der Waals surface area contributed by atoms with Gasteiger partial charge in [0.15, 0.2) is 0 Å². The average Bonchev–Trinajstić information content (AvgIpc) is 2.17. The largest absolute Gasteiger partial charge is 0.399 e. The van der Waals surface area contributed by atoms with Crippen molar-refractivity contribution in [1.82, 2.24) is 0 Å². The van der Waals surface area contributed by atoms with Crippen LogP contribution >= 0.6 is 11.6 Å². The number of alkyl halides is 1. The molecule has 0 bridgehead atoms. The van der Waals surface area contributed by atoms with Crippen LogP contribution in [-0.4, -0.2) is 5.88 Å². The molecular weight excluding hydrogens is 196 g/mol. The number of benzene rings is 1. The van der Waals surface area contributed by atoms with E-state index < -0.39 is 0 Å². The second kappa shape index (κ2) is 5.51. The molecule has 0 aliphatic heterocycles. The van der Waals surface area contributed by atoms with Gasteiger partial charge in [0.2, 0.25) is 0 Å². The van der Waals surface area contributed by atoms with Crippen LogP contribution in [0.3, 0.4) is 0 Å². The number of halogens is 1. The quantitative estimate of drug-likeness (QED) is 0.611. The first kappa shape index (κ1) is 10.9. The van der Waals surface area contributed by atoms with Crippen molar-refractivity contribution in [2.24, 2.45) is 0 Å². The lowest BCUT2D eigenvalue weighted by Gasteiger charge is -2.06. The van der Waals surface area contributed by atoms with Crippen molar-refractivity contribution in [2.75, 3.05) is 11.6 Å². The summed E-state index contributed by atoms with van der Waals surface area (Å²) in [6, 6.07) is 7.85. The molecule has 2 N–H and O–H groups in total. The Morgan fingerprint density at radius 2 is 2.14 bits per heavy atom. The molecule has 0 amide bonds. The number of aryl methyl sites for hydroxylation is 1. The highest BCUT2D eigenvalue weighted by atomic mass is 35.5. The van der Waals surface area contributed by atoms with Gasteiger partial charge in [-0.15, -0.1) is 11.6 Å². The molecule has 0 aromatic heterocycles. The summed E-state index contributed by atoms with van der Waals surface area (Å²) in [5.41, 5.74) is 8.57. The molecule has 2 nitrogen and oxygen atoms in total. The Balaban J connectivity index is 2.85. The van der Waals surface area contributed by atoms with Crippen molar-refractivity contribution in [1.29, 1.82) is 5.26 Å². The summed E-state index contributed by atoms with van der Waals surface area (Å²) >= 11 is 5.62. The van der Waals surface area contributed by atoms with Crippen molar-refractivity contribution >= 4 is 17.3 Å². The minimum atomic E-state index is 0.419. The first-order valence-electron chi connectivity index (χ1n) is 4.58. The van der Waals surface area contributed by atoms with E-state index in [-0.39, 0.29) is 0 Å². The van der Waals surface area contributed by atoms with E-state index in [1.807, 2.05) is 18.2 Å². The lowest BCUT2D eigenvalue weighted by molar-refractivity contribution is 0.914. The fraction of sp³-hybridized carbons (Fsp3) is 0.364. The van der Waals surface area contributed by atoms with Crippen molar-refractivity contribution < 1.29 is 0 Å². The third-order valence-electron chi connectivity index (χ3n) is 2.08. The van der Waals surface area contributed by atoms with E-state index in [0.29, 0.717) is 18.0 Å². The second-order valence-corrected chi connectivity index (χ2v) is 3.53. The van der Waals surface area contributed by atoms with E-state index >= 15 is 0 Å². The van der Waals surface area contributed by atoms with Crippen LogP contribution in [0.2, 0.25) is 0 Å². The van der Waals surface area contributed by atoms with Crippen LogP contribution in [0, 0.1) is 11.3 Å². The van der Waals surface area contributed by atoms with Gasteiger partial charge in [-0.2, -0.15) is 5.26 Å². The number of nitrogen functional groups attached to an aromatic ring is 1. The number of rotatable bonds is 4. The summed E-state index contributed by atoms with van der Waals surface area (Å²) in [5.74, 6) is 0.649. The molecule has 0 atom stereocenters. The highest BCUT2D eigenvalue weighted by molar-refractivity contribution is 6.17. The summed E-state index contributed by atoms with van der Waals surface area (Å²) in [6.07, 6.45) is 2.27. The highest BCUT2D eigenvalue weighted by Gasteiger charge is 2.02. The molecule has 0 fully saturated rings. The molecule has 0 saturated carbocycles. The Kier molecular flexibility index (Phi) is 4.28. The summed E-state index contributed by atoms with van der Waals surface area (Å²) in [5, 5.41) is 8.64. The number of nitrogens with two attached hydrogens (primary N) is 1. The van der Waals surface area contributed by atoms with Gasteiger partial charge >= 0.3 is 0 Å². The minimum Gasteiger partial charge on any atom is -0.399 e. The number of hydrogen-bond donors (Lipinski definition) is 1. The van der Waals surface area contributed by atoms with Gasteiger partial charge in [0, 0.05) is 11.6 Å². The number of nitrogens with zero attached hydrogens (tertiary/aromatic N) is 1. The van der Waals surface area contributed by atoms with E-state index in [2.05, 4.69) is 6.07 Å². The minimum absolute atomic E-state index is 0.419. The monoisotopic (exact) mass is 208 g/mol. The maximum Gasteiger partial charge on any atom is 0.0669 e. The molecule has 1 aromatic rings. The van der Waals surface area contributed by atoms with E-state index in [1.165, 1.54) is 5.56 Å². The maximum atomic E-state index is 8.64. The molecule has 14 heavy (non-hydrogen) atoms. The lowest BCUT2D eigenvalue weighted by Crippen LogP contribution is -1.96. The zero-order valence-corrected chi connectivity index (χ0v) is 8.72.